The van der Waals surface area contributed by atoms with Gasteiger partial charge in [0, 0.05) is 37.6 Å². The molecule has 1 spiro atoms. The van der Waals surface area contributed by atoms with Crippen molar-refractivity contribution in [1.82, 2.24) is 4.57 Å². The summed E-state index contributed by atoms with van der Waals surface area (Å²) in [5.41, 5.74) is 13.4. The summed E-state index contributed by atoms with van der Waals surface area (Å²) in [5.74, 6) is 0. The second-order valence-corrected chi connectivity index (χ2v) is 13.3. The first-order valence-electron chi connectivity index (χ1n) is 15.8. The summed E-state index contributed by atoms with van der Waals surface area (Å²) in [6, 6.07) is 60.0. The lowest BCUT2D eigenvalue weighted by Crippen LogP contribution is -2.31. The van der Waals surface area contributed by atoms with E-state index in [1.165, 1.54) is 65.0 Å². The van der Waals surface area contributed by atoms with Crippen molar-refractivity contribution in [2.75, 3.05) is 5.32 Å². The van der Waals surface area contributed by atoms with E-state index in [9.17, 15) is 0 Å². The highest BCUT2D eigenvalue weighted by Crippen LogP contribution is 2.62. The van der Waals surface area contributed by atoms with Gasteiger partial charge < -0.3 is 9.88 Å². The predicted molar refractivity (Wildman–Crippen MR) is 192 cm³/mol. The molecule has 216 valence electrons. The fourth-order valence-electron chi connectivity index (χ4n) is 8.00. The zero-order valence-corrected chi connectivity index (χ0v) is 25.8. The Hall–Kier alpha value is -5.51. The Balaban J connectivity index is 1.17. The molecule has 8 aromatic rings. The van der Waals surface area contributed by atoms with E-state index in [2.05, 4.69) is 174 Å². The van der Waals surface area contributed by atoms with E-state index < -0.39 is 0 Å². The molecule has 7 aromatic carbocycles. The number of nitrogens with one attached hydrogen (secondary N) is 1. The van der Waals surface area contributed by atoms with Gasteiger partial charge in [-0.25, -0.2) is 0 Å². The van der Waals surface area contributed by atoms with Gasteiger partial charge in [0.15, 0.2) is 0 Å². The lowest BCUT2D eigenvalue weighted by Gasteiger charge is -2.39. The number of nitrogens with zero attached hydrogens (tertiary/aromatic N) is 1. The Morgan fingerprint density at radius 2 is 1.02 bits per heavy atom. The van der Waals surface area contributed by atoms with Crippen molar-refractivity contribution in [1.29, 1.82) is 0 Å². The number of aromatic nitrogens is 1. The number of anilines is 2. The molecule has 10 rings (SSSR count). The second-order valence-electron chi connectivity index (χ2n) is 12.2. The predicted octanol–water partition coefficient (Wildman–Crippen LogP) is 11.4. The molecule has 1 aliphatic heterocycles. The van der Waals surface area contributed by atoms with Crippen LogP contribution in [-0.4, -0.2) is 4.57 Å². The highest BCUT2D eigenvalue weighted by Gasteiger charge is 2.50. The molecule has 0 radical (unpaired) electrons. The van der Waals surface area contributed by atoms with Crippen LogP contribution in [0.2, 0.25) is 0 Å². The smallest absolute Gasteiger partial charge is 0.0736 e. The molecular formula is C43H28N2S. The maximum atomic E-state index is 3.83. The number of fused-ring (bicyclic) bond motifs is 12. The van der Waals surface area contributed by atoms with Crippen LogP contribution >= 0.6 is 11.8 Å². The van der Waals surface area contributed by atoms with Crippen LogP contribution in [0.1, 0.15) is 22.3 Å². The first-order valence-corrected chi connectivity index (χ1v) is 16.6. The minimum absolute atomic E-state index is 0.383. The summed E-state index contributed by atoms with van der Waals surface area (Å²) >= 11 is 1.88. The lowest BCUT2D eigenvalue weighted by atomic mass is 9.67. The molecule has 1 aromatic heterocycles. The topological polar surface area (TPSA) is 17.0 Å². The minimum Gasteiger partial charge on any atom is -0.355 e. The summed E-state index contributed by atoms with van der Waals surface area (Å²) in [5, 5.41) is 6.34. The molecule has 2 nitrogen and oxygen atoms in total. The van der Waals surface area contributed by atoms with Crippen LogP contribution in [0.4, 0.5) is 11.4 Å². The SMILES string of the molecule is c1ccc(-n2c3ccccc3c3ccc(Nc4ccc5c(c4)C4(c6ccccc6Sc6ccccc64)c4ccccc4-5)cc32)cc1. The maximum absolute atomic E-state index is 3.83. The van der Waals surface area contributed by atoms with Gasteiger partial charge in [-0.15, -0.1) is 0 Å². The van der Waals surface area contributed by atoms with E-state index in [0.717, 1.165) is 17.1 Å². The van der Waals surface area contributed by atoms with Gasteiger partial charge >= 0.3 is 0 Å². The van der Waals surface area contributed by atoms with Gasteiger partial charge in [0.05, 0.1) is 16.4 Å². The summed E-state index contributed by atoms with van der Waals surface area (Å²) < 4.78 is 2.37. The van der Waals surface area contributed by atoms with Gasteiger partial charge in [0.2, 0.25) is 0 Å². The Kier molecular flexibility index (Phi) is 5.46. The molecule has 0 fully saturated rings. The van der Waals surface area contributed by atoms with E-state index in [4.69, 9.17) is 0 Å². The van der Waals surface area contributed by atoms with Crippen LogP contribution in [0.3, 0.4) is 0 Å². The monoisotopic (exact) mass is 604 g/mol. The number of hydrogen-bond donors (Lipinski definition) is 1. The Morgan fingerprint density at radius 1 is 0.435 bits per heavy atom. The third-order valence-electron chi connectivity index (χ3n) is 9.82. The molecule has 1 aliphatic carbocycles. The van der Waals surface area contributed by atoms with Crippen molar-refractivity contribution in [2.24, 2.45) is 0 Å². The molecule has 0 saturated carbocycles. The maximum Gasteiger partial charge on any atom is 0.0736 e. The number of hydrogen-bond acceptors (Lipinski definition) is 2. The lowest BCUT2D eigenvalue weighted by molar-refractivity contribution is 0.722. The van der Waals surface area contributed by atoms with E-state index in [1.807, 2.05) is 11.8 Å². The van der Waals surface area contributed by atoms with Crippen molar-refractivity contribution in [3.8, 4) is 16.8 Å². The van der Waals surface area contributed by atoms with Crippen LogP contribution in [0, 0.1) is 0 Å². The molecule has 2 heterocycles. The first kappa shape index (κ1) is 25.8. The molecule has 1 N–H and O–H groups in total. The summed E-state index contributed by atoms with van der Waals surface area (Å²) in [4.78, 5) is 2.64. The normalized spacial score (nSPS) is 13.7. The number of para-hydroxylation sites is 2. The zero-order chi connectivity index (χ0) is 30.2. The van der Waals surface area contributed by atoms with E-state index in [1.54, 1.807) is 0 Å². The fraction of sp³-hybridized carbons (Fsp3) is 0.0233. The Bertz CT molecular complexity index is 2440. The highest BCUT2D eigenvalue weighted by atomic mass is 32.2. The third kappa shape index (κ3) is 3.49. The van der Waals surface area contributed by atoms with Crippen molar-refractivity contribution in [3.63, 3.8) is 0 Å². The molecular weight excluding hydrogens is 577 g/mol. The number of rotatable bonds is 3. The summed E-state index contributed by atoms with van der Waals surface area (Å²) in [6.45, 7) is 0. The van der Waals surface area contributed by atoms with E-state index >= 15 is 0 Å². The molecule has 0 saturated heterocycles. The summed E-state index contributed by atoms with van der Waals surface area (Å²) in [6.07, 6.45) is 0. The summed E-state index contributed by atoms with van der Waals surface area (Å²) in [7, 11) is 0. The standard InChI is InChI=1S/C43H28N2S/c1-2-12-30(13-3-1)45-39-19-9-5-15-33(39)34-25-23-29(27-40(34)45)44-28-22-24-32-31-14-4-6-16-35(31)43(38(32)26-28)36-17-7-10-20-41(36)46-42-21-11-8-18-37(42)43/h1-27,44H. The van der Waals surface area contributed by atoms with Gasteiger partial charge in [-0.05, 0) is 88.0 Å². The van der Waals surface area contributed by atoms with Gasteiger partial charge in [0.1, 0.15) is 0 Å². The largest absolute Gasteiger partial charge is 0.355 e. The average Bonchev–Trinajstić information content (AvgIpc) is 3.59. The highest BCUT2D eigenvalue weighted by molar-refractivity contribution is 7.99. The molecule has 0 unspecified atom stereocenters. The van der Waals surface area contributed by atoms with Gasteiger partial charge in [0.25, 0.3) is 0 Å². The van der Waals surface area contributed by atoms with Crippen molar-refractivity contribution < 1.29 is 0 Å². The Morgan fingerprint density at radius 3 is 1.83 bits per heavy atom. The zero-order valence-electron chi connectivity index (χ0n) is 24.9. The van der Waals surface area contributed by atoms with E-state index in [0.29, 0.717) is 0 Å². The van der Waals surface area contributed by atoms with Gasteiger partial charge in [-0.3, -0.25) is 0 Å². The van der Waals surface area contributed by atoms with Crippen LogP contribution in [0.5, 0.6) is 0 Å². The van der Waals surface area contributed by atoms with Crippen LogP contribution in [0.25, 0.3) is 38.6 Å². The molecule has 2 aliphatic rings. The molecule has 0 bridgehead atoms. The Labute approximate surface area is 272 Å². The van der Waals surface area contributed by atoms with Crippen LogP contribution in [-0.2, 0) is 5.41 Å². The number of benzene rings is 7. The third-order valence-corrected chi connectivity index (χ3v) is 11.0. The molecule has 0 atom stereocenters. The van der Waals surface area contributed by atoms with E-state index in [-0.39, 0.29) is 5.41 Å². The minimum atomic E-state index is -0.383. The second kappa shape index (κ2) is 9.74. The quantitative estimate of drug-likeness (QED) is 0.216. The molecule has 3 heteroatoms. The first-order chi connectivity index (χ1) is 22.8. The fourth-order valence-corrected chi connectivity index (χ4v) is 9.19. The van der Waals surface area contributed by atoms with Crippen LogP contribution < -0.4 is 5.32 Å². The molecule has 0 amide bonds. The van der Waals surface area contributed by atoms with Crippen molar-refractivity contribution in [3.05, 3.63) is 186 Å². The average molecular weight is 605 g/mol. The van der Waals surface area contributed by atoms with Crippen molar-refractivity contribution in [2.45, 2.75) is 15.2 Å². The van der Waals surface area contributed by atoms with Gasteiger partial charge in [-0.1, -0.05) is 121 Å². The van der Waals surface area contributed by atoms with Gasteiger partial charge in [-0.2, -0.15) is 0 Å². The van der Waals surface area contributed by atoms with Crippen molar-refractivity contribution >= 4 is 44.9 Å². The molecule has 46 heavy (non-hydrogen) atoms. The van der Waals surface area contributed by atoms with Crippen LogP contribution in [0.15, 0.2) is 174 Å².